The van der Waals surface area contributed by atoms with Crippen molar-refractivity contribution in [3.8, 4) is 0 Å². The van der Waals surface area contributed by atoms with Gasteiger partial charge in [-0.15, -0.1) is 0 Å². The Hall–Kier alpha value is -3.58. The van der Waals surface area contributed by atoms with Crippen molar-refractivity contribution in [3.63, 3.8) is 0 Å². The first-order chi connectivity index (χ1) is 34.0. The van der Waals surface area contributed by atoms with Crippen LogP contribution in [0.25, 0.3) is 0 Å². The van der Waals surface area contributed by atoms with Crippen LogP contribution in [0.15, 0.2) is 97.2 Å². The van der Waals surface area contributed by atoms with E-state index in [4.69, 9.17) is 28.4 Å². The zero-order valence-corrected chi connectivity index (χ0v) is 42.0. The molecule has 2 heterocycles. The van der Waals surface area contributed by atoms with Crippen LogP contribution in [0.4, 0.5) is 0 Å². The highest BCUT2D eigenvalue weighted by atomic mass is 16.7. The number of ether oxygens (including phenoxy) is 6. The zero-order valence-electron chi connectivity index (χ0n) is 42.0. The van der Waals surface area contributed by atoms with Crippen LogP contribution in [0.1, 0.15) is 142 Å². The fourth-order valence-electron chi connectivity index (χ4n) is 7.44. The molecule has 15 heteroatoms. The van der Waals surface area contributed by atoms with Crippen molar-refractivity contribution >= 4 is 11.9 Å². The summed E-state index contributed by atoms with van der Waals surface area (Å²) in [5, 5.41) is 72.0. The van der Waals surface area contributed by atoms with Crippen molar-refractivity contribution in [3.05, 3.63) is 97.2 Å². The van der Waals surface area contributed by atoms with Crippen molar-refractivity contribution in [1.29, 1.82) is 0 Å². The second-order valence-corrected chi connectivity index (χ2v) is 17.7. The molecule has 2 rings (SSSR count). The predicted molar refractivity (Wildman–Crippen MR) is 270 cm³/mol. The monoisotopic (exact) mass is 989 g/mol. The van der Waals surface area contributed by atoms with Crippen molar-refractivity contribution < 1.29 is 73.8 Å². The minimum Gasteiger partial charge on any atom is -0.462 e. The van der Waals surface area contributed by atoms with Gasteiger partial charge in [0.15, 0.2) is 18.7 Å². The molecule has 7 N–H and O–H groups in total. The quantitative estimate of drug-likeness (QED) is 0.0105. The largest absolute Gasteiger partial charge is 0.462 e. The smallest absolute Gasteiger partial charge is 0.331 e. The molecular formula is C55H88O15. The Kier molecular flexibility index (Phi) is 36.6. The van der Waals surface area contributed by atoms with Gasteiger partial charge in [-0.25, -0.2) is 4.79 Å². The Morgan fingerprint density at radius 2 is 1.00 bits per heavy atom. The maximum Gasteiger partial charge on any atom is 0.331 e. The Labute approximate surface area is 417 Å². The van der Waals surface area contributed by atoms with Gasteiger partial charge >= 0.3 is 11.9 Å². The van der Waals surface area contributed by atoms with Crippen LogP contribution in [0.3, 0.4) is 0 Å². The summed E-state index contributed by atoms with van der Waals surface area (Å²) < 4.78 is 33.3. The summed E-state index contributed by atoms with van der Waals surface area (Å²) in [5.74, 6) is -1.28. The molecule has 0 amide bonds. The van der Waals surface area contributed by atoms with Gasteiger partial charge in [0.2, 0.25) is 0 Å². The van der Waals surface area contributed by atoms with Crippen LogP contribution in [-0.2, 0) is 38.0 Å². The molecule has 0 aliphatic carbocycles. The van der Waals surface area contributed by atoms with Crippen LogP contribution < -0.4 is 0 Å². The van der Waals surface area contributed by atoms with Crippen LogP contribution in [0.5, 0.6) is 0 Å². The standard InChI is InChI=1S/C55H88O15/c1-3-5-7-9-11-13-15-17-19-20-21-22-24-25-27-29-31-33-35-37-46(57)65-40-43(68-47(58)38-36-34-32-30-28-26-23-18-16-14-12-10-8-6-4-2)41-66-54-53(64)51(62)49(60)45(70-54)42-67-55-52(63)50(61)48(59)44(39-56)69-55/h5,7,11,13,17,19,21-22,25,27,31-34,36,38,43-45,48-56,59-64H,3-4,6,8-10,12,14-16,18,20,23-24,26,28-30,35,37,39-42H2,1-2H3/b7-5+,13-11+,19-17+,22-21+,27-25+,33-31+,34-32+,38-36+/t43-,44+,45+,48-,49-,50?,51?,52?,53?,54+,55+/m0/s1. The average Bonchev–Trinajstić information content (AvgIpc) is 3.35. The van der Waals surface area contributed by atoms with E-state index in [-0.39, 0.29) is 6.42 Å². The Bertz CT molecular complexity index is 1580. The van der Waals surface area contributed by atoms with Crippen molar-refractivity contribution in [2.24, 2.45) is 0 Å². The number of aliphatic hydroxyl groups excluding tert-OH is 7. The molecule has 0 saturated carbocycles. The molecule has 0 aromatic carbocycles. The lowest BCUT2D eigenvalue weighted by Crippen LogP contribution is -2.61. The summed E-state index contributed by atoms with van der Waals surface area (Å²) >= 11 is 0. The molecule has 398 valence electrons. The number of carbonyl (C=O) groups is 2. The topological polar surface area (TPSA) is 231 Å². The number of allylic oxidation sites excluding steroid dienone is 15. The van der Waals surface area contributed by atoms with E-state index in [9.17, 15) is 45.3 Å². The first kappa shape index (κ1) is 62.5. The van der Waals surface area contributed by atoms with Gasteiger partial charge < -0.3 is 64.2 Å². The minimum absolute atomic E-state index is 0.0676. The number of aliphatic hydroxyl groups is 7. The van der Waals surface area contributed by atoms with Gasteiger partial charge in [-0.2, -0.15) is 0 Å². The fourth-order valence-corrected chi connectivity index (χ4v) is 7.44. The Balaban J connectivity index is 1.87. The number of hydrogen-bond acceptors (Lipinski definition) is 15. The molecule has 2 aliphatic rings. The molecule has 2 saturated heterocycles. The van der Waals surface area contributed by atoms with E-state index >= 15 is 0 Å². The normalized spacial score (nSPS) is 26.2. The average molecular weight is 989 g/mol. The minimum atomic E-state index is -1.80. The molecule has 2 aliphatic heterocycles. The highest BCUT2D eigenvalue weighted by Crippen LogP contribution is 2.26. The maximum absolute atomic E-state index is 12.9. The van der Waals surface area contributed by atoms with Gasteiger partial charge in [-0.05, 0) is 57.8 Å². The predicted octanol–water partition coefficient (Wildman–Crippen LogP) is 7.37. The van der Waals surface area contributed by atoms with Crippen molar-refractivity contribution in [1.82, 2.24) is 0 Å². The Morgan fingerprint density at radius 1 is 0.514 bits per heavy atom. The molecule has 70 heavy (non-hydrogen) atoms. The Morgan fingerprint density at radius 3 is 1.54 bits per heavy atom. The summed E-state index contributed by atoms with van der Waals surface area (Å²) in [5.41, 5.74) is 0. The van der Waals surface area contributed by atoms with Crippen molar-refractivity contribution in [2.75, 3.05) is 26.4 Å². The summed E-state index contributed by atoms with van der Waals surface area (Å²) in [4.78, 5) is 25.6. The molecular weight excluding hydrogens is 901 g/mol. The van der Waals surface area contributed by atoms with Gasteiger partial charge in [0.25, 0.3) is 0 Å². The maximum atomic E-state index is 12.9. The van der Waals surface area contributed by atoms with Gasteiger partial charge in [0.1, 0.15) is 55.4 Å². The van der Waals surface area contributed by atoms with Crippen LogP contribution >= 0.6 is 0 Å². The molecule has 0 radical (unpaired) electrons. The summed E-state index contributed by atoms with van der Waals surface area (Å²) in [6, 6.07) is 0. The lowest BCUT2D eigenvalue weighted by molar-refractivity contribution is -0.332. The molecule has 2 fully saturated rings. The number of rotatable bonds is 38. The molecule has 15 nitrogen and oxygen atoms in total. The second-order valence-electron chi connectivity index (χ2n) is 17.7. The van der Waals surface area contributed by atoms with E-state index in [1.54, 1.807) is 12.2 Å². The van der Waals surface area contributed by atoms with E-state index < -0.39 is 106 Å². The third-order valence-electron chi connectivity index (χ3n) is 11.7. The third kappa shape index (κ3) is 28.5. The first-order valence-corrected chi connectivity index (χ1v) is 25.9. The van der Waals surface area contributed by atoms with Crippen LogP contribution in [-0.4, -0.2) is 142 Å². The van der Waals surface area contributed by atoms with E-state index in [0.717, 1.165) is 51.4 Å². The van der Waals surface area contributed by atoms with Crippen LogP contribution in [0, 0.1) is 0 Å². The zero-order chi connectivity index (χ0) is 51.0. The fraction of sp³-hybridized carbons (Fsp3) is 0.673. The highest BCUT2D eigenvalue weighted by Gasteiger charge is 2.47. The van der Waals surface area contributed by atoms with E-state index in [1.165, 1.54) is 63.9 Å². The molecule has 0 aromatic heterocycles. The molecule has 0 bridgehead atoms. The lowest BCUT2D eigenvalue weighted by Gasteiger charge is -2.42. The summed E-state index contributed by atoms with van der Waals surface area (Å²) in [7, 11) is 0. The molecule has 11 atom stereocenters. The lowest BCUT2D eigenvalue weighted by atomic mass is 9.98. The number of hydrogen-bond donors (Lipinski definition) is 7. The molecule has 4 unspecified atom stereocenters. The third-order valence-corrected chi connectivity index (χ3v) is 11.7. The second kappa shape index (κ2) is 41.0. The van der Waals surface area contributed by atoms with E-state index in [0.29, 0.717) is 12.8 Å². The SMILES string of the molecule is CC/C=C/C/C=C/C/C=C/C/C=C/C/C=C/C/C=C/CCC(=O)OC[C@@H](CO[C@@H]1O[C@H](CO[C@@H]2O[C@H](CO)[C@H](O)C(O)C2O)[C@H](O)C(O)C1O)OC(=O)/C=C/C=C/CCCCCCCCCCCCC. The van der Waals surface area contributed by atoms with E-state index in [2.05, 4.69) is 74.6 Å². The molecule has 0 spiro atoms. The first-order valence-electron chi connectivity index (χ1n) is 25.9. The van der Waals surface area contributed by atoms with Gasteiger partial charge in [0.05, 0.1) is 19.8 Å². The summed E-state index contributed by atoms with van der Waals surface area (Å²) in [6.45, 7) is 2.26. The number of esters is 2. The van der Waals surface area contributed by atoms with Crippen molar-refractivity contribution in [2.45, 2.75) is 210 Å². The summed E-state index contributed by atoms with van der Waals surface area (Å²) in [6.07, 6.45) is 35.1. The van der Waals surface area contributed by atoms with Gasteiger partial charge in [0, 0.05) is 12.5 Å². The number of carbonyl (C=O) groups excluding carboxylic acids is 2. The van der Waals surface area contributed by atoms with E-state index in [1.807, 2.05) is 18.2 Å². The highest BCUT2D eigenvalue weighted by molar-refractivity contribution is 5.82. The van der Waals surface area contributed by atoms with Crippen LogP contribution in [0.2, 0.25) is 0 Å². The number of unbranched alkanes of at least 4 members (excludes halogenated alkanes) is 11. The molecule has 0 aromatic rings. The van der Waals surface area contributed by atoms with Gasteiger partial charge in [-0.1, -0.05) is 169 Å². The van der Waals surface area contributed by atoms with Gasteiger partial charge in [-0.3, -0.25) is 4.79 Å².